The van der Waals surface area contributed by atoms with Crippen molar-refractivity contribution in [3.05, 3.63) is 0 Å². The van der Waals surface area contributed by atoms with Gasteiger partial charge in [0.1, 0.15) is 6.04 Å². The van der Waals surface area contributed by atoms with Crippen LogP contribution in [0.5, 0.6) is 0 Å². The fourth-order valence-corrected chi connectivity index (χ4v) is 2.16. The zero-order valence-electron chi connectivity index (χ0n) is 10.00. The molecule has 0 amide bonds. The fraction of sp³-hybridized carbons (Fsp3) is 1.00. The van der Waals surface area contributed by atoms with Crippen LogP contribution < -0.4 is 5.73 Å². The highest BCUT2D eigenvalue weighted by Gasteiger charge is 2.46. The van der Waals surface area contributed by atoms with Crippen LogP contribution >= 0.6 is 0 Å². The van der Waals surface area contributed by atoms with Crippen molar-refractivity contribution < 1.29 is 23.0 Å². The topological polar surface area (TPSA) is 58.7 Å². The van der Waals surface area contributed by atoms with Crippen LogP contribution in [-0.2, 0) is 4.74 Å². The molecule has 0 aromatic rings. The van der Waals surface area contributed by atoms with Crippen LogP contribution in [0.3, 0.4) is 0 Å². The summed E-state index contributed by atoms with van der Waals surface area (Å²) in [5.74, 6) is 0. The Hall–Kier alpha value is -0.370. The summed E-state index contributed by atoms with van der Waals surface area (Å²) in [6.07, 6.45) is -4.96. The van der Waals surface area contributed by atoms with Crippen LogP contribution in [0.15, 0.2) is 0 Å². The number of nitrogens with zero attached hydrogens (tertiary/aromatic N) is 1. The molecular weight excluding hydrogens is 237 g/mol. The maximum Gasteiger partial charge on any atom is 0.405 e. The van der Waals surface area contributed by atoms with Crippen LogP contribution in [0.4, 0.5) is 13.2 Å². The molecule has 1 rings (SSSR count). The Morgan fingerprint density at radius 3 is 2.53 bits per heavy atom. The van der Waals surface area contributed by atoms with E-state index in [4.69, 9.17) is 15.6 Å². The summed E-state index contributed by atoms with van der Waals surface area (Å²) in [5.41, 5.74) is 4.48. The minimum atomic E-state index is -4.36. The normalized spacial score (nSPS) is 28.1. The molecule has 102 valence electrons. The number of morpholine rings is 1. The zero-order valence-corrected chi connectivity index (χ0v) is 10.00. The van der Waals surface area contributed by atoms with Crippen molar-refractivity contribution in [1.82, 2.24) is 4.90 Å². The Labute approximate surface area is 98.5 Å². The maximum atomic E-state index is 12.8. The first-order valence-corrected chi connectivity index (χ1v) is 5.49. The minimum absolute atomic E-state index is 0.0430. The molecule has 1 aliphatic heterocycles. The lowest BCUT2D eigenvalue weighted by atomic mass is 10.0. The third-order valence-electron chi connectivity index (χ3n) is 2.75. The standard InChI is InChI=1S/C10H19F3N2O2/c1-9(2)6-15(4-7(5-16)17-9)8(3-14)10(11,12)13/h7-8,16H,3-6,14H2,1-2H3. The van der Waals surface area contributed by atoms with E-state index >= 15 is 0 Å². The molecule has 2 unspecified atom stereocenters. The van der Waals surface area contributed by atoms with Gasteiger partial charge in [-0.15, -0.1) is 0 Å². The number of hydrogen-bond acceptors (Lipinski definition) is 4. The summed E-state index contributed by atoms with van der Waals surface area (Å²) < 4.78 is 43.7. The second-order valence-electron chi connectivity index (χ2n) is 4.90. The fourth-order valence-electron chi connectivity index (χ4n) is 2.16. The van der Waals surface area contributed by atoms with Gasteiger partial charge in [0.25, 0.3) is 0 Å². The van der Waals surface area contributed by atoms with Crippen LogP contribution in [0.25, 0.3) is 0 Å². The zero-order chi connectivity index (χ0) is 13.3. The number of hydrogen-bond donors (Lipinski definition) is 2. The number of aliphatic hydroxyl groups is 1. The van der Waals surface area contributed by atoms with Crippen molar-refractivity contribution in [3.63, 3.8) is 0 Å². The molecule has 0 aromatic carbocycles. The van der Waals surface area contributed by atoms with Crippen LogP contribution in [-0.4, -0.2) is 60.2 Å². The second-order valence-corrected chi connectivity index (χ2v) is 4.90. The van der Waals surface area contributed by atoms with E-state index < -0.39 is 30.5 Å². The van der Waals surface area contributed by atoms with Gasteiger partial charge in [-0.3, -0.25) is 4.90 Å². The highest BCUT2D eigenvalue weighted by Crippen LogP contribution is 2.29. The van der Waals surface area contributed by atoms with Gasteiger partial charge in [0.05, 0.1) is 18.3 Å². The number of alkyl halides is 3. The first-order valence-electron chi connectivity index (χ1n) is 5.49. The molecule has 1 fully saturated rings. The Morgan fingerprint density at radius 2 is 2.12 bits per heavy atom. The molecule has 0 spiro atoms. The van der Waals surface area contributed by atoms with E-state index in [0.717, 1.165) is 0 Å². The van der Waals surface area contributed by atoms with Crippen LogP contribution in [0.1, 0.15) is 13.8 Å². The van der Waals surface area contributed by atoms with Crippen molar-refractivity contribution in [2.24, 2.45) is 5.73 Å². The SMILES string of the molecule is CC1(C)CN(C(CN)C(F)(F)F)CC(CO)O1. The number of halogens is 3. The summed E-state index contributed by atoms with van der Waals surface area (Å²) in [7, 11) is 0. The summed E-state index contributed by atoms with van der Waals surface area (Å²) in [4.78, 5) is 1.24. The molecule has 0 bridgehead atoms. The van der Waals surface area contributed by atoms with E-state index in [2.05, 4.69) is 0 Å². The van der Waals surface area contributed by atoms with E-state index in [0.29, 0.717) is 0 Å². The van der Waals surface area contributed by atoms with Crippen LogP contribution in [0.2, 0.25) is 0 Å². The van der Waals surface area contributed by atoms with Crippen molar-refractivity contribution in [1.29, 1.82) is 0 Å². The van der Waals surface area contributed by atoms with Crippen molar-refractivity contribution in [3.8, 4) is 0 Å². The molecule has 1 heterocycles. The molecule has 1 aliphatic rings. The van der Waals surface area contributed by atoms with Gasteiger partial charge in [-0.05, 0) is 13.8 Å². The quantitative estimate of drug-likeness (QED) is 0.765. The van der Waals surface area contributed by atoms with Gasteiger partial charge in [0, 0.05) is 19.6 Å². The third kappa shape index (κ3) is 3.80. The molecule has 4 nitrogen and oxygen atoms in total. The molecule has 0 radical (unpaired) electrons. The predicted molar refractivity (Wildman–Crippen MR) is 56.5 cm³/mol. The first-order chi connectivity index (χ1) is 7.69. The molecular formula is C10H19F3N2O2. The second kappa shape index (κ2) is 5.09. The summed E-state index contributed by atoms with van der Waals surface area (Å²) in [5, 5.41) is 9.03. The van der Waals surface area contributed by atoms with Gasteiger partial charge in [-0.1, -0.05) is 0 Å². The number of aliphatic hydroxyl groups excluding tert-OH is 1. The van der Waals surface area contributed by atoms with Gasteiger partial charge in [-0.25, -0.2) is 0 Å². The largest absolute Gasteiger partial charge is 0.405 e. The van der Waals surface area contributed by atoms with E-state index in [1.165, 1.54) is 4.90 Å². The molecule has 2 atom stereocenters. The van der Waals surface area contributed by atoms with E-state index in [1.807, 2.05) is 0 Å². The molecule has 0 saturated carbocycles. The molecule has 7 heteroatoms. The number of rotatable bonds is 3. The molecule has 0 aromatic heterocycles. The van der Waals surface area contributed by atoms with Crippen molar-refractivity contribution >= 4 is 0 Å². The average Bonchev–Trinajstić information content (AvgIpc) is 2.13. The number of nitrogens with two attached hydrogens (primary N) is 1. The lowest BCUT2D eigenvalue weighted by Gasteiger charge is -2.45. The average molecular weight is 256 g/mol. The summed E-state index contributed by atoms with van der Waals surface area (Å²) in [6.45, 7) is 2.80. The Morgan fingerprint density at radius 1 is 1.53 bits per heavy atom. The first kappa shape index (κ1) is 14.7. The third-order valence-corrected chi connectivity index (χ3v) is 2.75. The van der Waals surface area contributed by atoms with Gasteiger partial charge < -0.3 is 15.6 Å². The van der Waals surface area contributed by atoms with Crippen molar-refractivity contribution in [2.75, 3.05) is 26.2 Å². The maximum absolute atomic E-state index is 12.8. The lowest BCUT2D eigenvalue weighted by Crippen LogP contribution is -2.61. The van der Waals surface area contributed by atoms with Gasteiger partial charge in [-0.2, -0.15) is 13.2 Å². The van der Waals surface area contributed by atoms with E-state index in [-0.39, 0.29) is 19.7 Å². The van der Waals surface area contributed by atoms with E-state index in [9.17, 15) is 13.2 Å². The van der Waals surface area contributed by atoms with Gasteiger partial charge in [0.15, 0.2) is 0 Å². The van der Waals surface area contributed by atoms with Crippen molar-refractivity contribution in [2.45, 2.75) is 37.8 Å². The Bertz CT molecular complexity index is 258. The smallest absolute Gasteiger partial charge is 0.394 e. The Balaban J connectivity index is 2.81. The number of ether oxygens (including phenoxy) is 1. The molecule has 3 N–H and O–H groups in total. The molecule has 1 saturated heterocycles. The summed E-state index contributed by atoms with van der Waals surface area (Å²) in [6, 6.07) is -1.68. The van der Waals surface area contributed by atoms with Gasteiger partial charge in [0.2, 0.25) is 0 Å². The molecule has 17 heavy (non-hydrogen) atoms. The predicted octanol–water partition coefficient (Wildman–Crippen LogP) is 0.348. The minimum Gasteiger partial charge on any atom is -0.394 e. The summed E-state index contributed by atoms with van der Waals surface area (Å²) >= 11 is 0. The lowest BCUT2D eigenvalue weighted by molar-refractivity contribution is -0.218. The Kier molecular flexibility index (Phi) is 4.40. The van der Waals surface area contributed by atoms with E-state index in [1.54, 1.807) is 13.8 Å². The highest BCUT2D eigenvalue weighted by molar-refractivity contribution is 4.90. The van der Waals surface area contributed by atoms with Crippen LogP contribution in [0, 0.1) is 0 Å². The van der Waals surface area contributed by atoms with Gasteiger partial charge >= 0.3 is 6.18 Å². The highest BCUT2D eigenvalue weighted by atomic mass is 19.4. The molecule has 0 aliphatic carbocycles. The monoisotopic (exact) mass is 256 g/mol.